The van der Waals surface area contributed by atoms with Crippen LogP contribution in [0.15, 0.2) is 48.5 Å². The van der Waals surface area contributed by atoms with Crippen LogP contribution in [0, 0.1) is 6.92 Å². The molecule has 2 atom stereocenters. The van der Waals surface area contributed by atoms with E-state index in [-0.39, 0.29) is 0 Å². The summed E-state index contributed by atoms with van der Waals surface area (Å²) >= 11 is 0. The first kappa shape index (κ1) is 18.4. The highest BCUT2D eigenvalue weighted by molar-refractivity contribution is 5.76. The van der Waals surface area contributed by atoms with Gasteiger partial charge in [0.05, 0.1) is 0 Å². The number of rotatable bonds is 7. The van der Waals surface area contributed by atoms with E-state index in [2.05, 4.69) is 24.4 Å². The first-order valence-electron chi connectivity index (χ1n) is 8.95. The van der Waals surface area contributed by atoms with Gasteiger partial charge >= 0.3 is 5.97 Å². The lowest BCUT2D eigenvalue weighted by atomic mass is 9.86. The summed E-state index contributed by atoms with van der Waals surface area (Å²) in [5, 5.41) is 12.6. The molecule has 2 aromatic carbocycles. The van der Waals surface area contributed by atoms with Crippen molar-refractivity contribution < 1.29 is 19.4 Å². The van der Waals surface area contributed by atoms with Crippen LogP contribution in [0.3, 0.4) is 0 Å². The summed E-state index contributed by atoms with van der Waals surface area (Å²) in [6.07, 6.45) is 0.626. The number of aliphatic carboxylic acids is 1. The average Bonchev–Trinajstić information content (AvgIpc) is 3.07. The van der Waals surface area contributed by atoms with Crippen LogP contribution in [0.4, 0.5) is 0 Å². The van der Waals surface area contributed by atoms with E-state index in [0.29, 0.717) is 26.2 Å². The second-order valence-electron chi connectivity index (χ2n) is 6.54. The number of nitrogens with one attached hydrogen (secondary N) is 1. The fourth-order valence-electron chi connectivity index (χ4n) is 3.57. The van der Waals surface area contributed by atoms with Crippen molar-refractivity contribution >= 4 is 5.97 Å². The monoisotopic (exact) mass is 355 g/mol. The van der Waals surface area contributed by atoms with E-state index >= 15 is 0 Å². The molecule has 1 aliphatic heterocycles. The molecule has 3 rings (SSSR count). The van der Waals surface area contributed by atoms with Gasteiger partial charge in [-0.1, -0.05) is 36.4 Å². The second-order valence-corrected chi connectivity index (χ2v) is 6.54. The fourth-order valence-corrected chi connectivity index (χ4v) is 3.57. The average molecular weight is 355 g/mol. The Kier molecular flexibility index (Phi) is 5.59. The van der Waals surface area contributed by atoms with Crippen LogP contribution < -0.4 is 10.1 Å². The van der Waals surface area contributed by atoms with Crippen molar-refractivity contribution in [2.75, 3.05) is 13.2 Å². The smallest absolute Gasteiger partial charge is 0.324 e. The number of ether oxygens (including phenoxy) is 2. The highest BCUT2D eigenvalue weighted by Gasteiger charge is 2.49. The molecule has 0 aliphatic carbocycles. The highest BCUT2D eigenvalue weighted by Crippen LogP contribution is 2.38. The minimum Gasteiger partial charge on any atom is -0.489 e. The standard InChI is InChI=1S/C21H25NO4/c1-3-26-21(12-13-22-19(21)20(23)24)17-8-10-18(11-9-17)25-14-16-7-5-4-6-15(16)2/h4-11,19,22H,3,12-14H2,1-2H3,(H,23,24)/t19-,21?/m1/s1. The minimum absolute atomic E-state index is 0.455. The number of benzene rings is 2. The van der Waals surface area contributed by atoms with Crippen molar-refractivity contribution in [1.82, 2.24) is 5.32 Å². The molecule has 0 spiro atoms. The molecule has 0 aromatic heterocycles. The molecule has 1 unspecified atom stereocenters. The van der Waals surface area contributed by atoms with Gasteiger partial charge in [0.2, 0.25) is 0 Å². The SMILES string of the molecule is CCOC1(c2ccc(OCc3ccccc3C)cc2)CCN[C@@H]1C(=O)O. The van der Waals surface area contributed by atoms with Gasteiger partial charge in [0.1, 0.15) is 24.0 Å². The normalized spacial score (nSPS) is 22.3. The van der Waals surface area contributed by atoms with Crippen molar-refractivity contribution in [2.24, 2.45) is 0 Å². The molecule has 26 heavy (non-hydrogen) atoms. The predicted octanol–water partition coefficient (Wildman–Crippen LogP) is 3.25. The van der Waals surface area contributed by atoms with Gasteiger partial charge < -0.3 is 19.9 Å². The molecule has 5 nitrogen and oxygen atoms in total. The zero-order valence-electron chi connectivity index (χ0n) is 15.2. The third kappa shape index (κ3) is 3.59. The van der Waals surface area contributed by atoms with Crippen LogP contribution in [0.2, 0.25) is 0 Å². The quantitative estimate of drug-likeness (QED) is 0.798. The molecule has 0 bridgehead atoms. The predicted molar refractivity (Wildman–Crippen MR) is 99.3 cm³/mol. The molecule has 0 radical (unpaired) electrons. The molecule has 2 aromatic rings. The number of hydrogen-bond acceptors (Lipinski definition) is 4. The molecule has 5 heteroatoms. The van der Waals surface area contributed by atoms with Crippen LogP contribution in [0.1, 0.15) is 30.0 Å². The van der Waals surface area contributed by atoms with Gasteiger partial charge in [-0.05, 0) is 55.6 Å². The molecule has 0 amide bonds. The van der Waals surface area contributed by atoms with Gasteiger partial charge in [0, 0.05) is 6.61 Å². The Morgan fingerprint density at radius 1 is 1.23 bits per heavy atom. The van der Waals surface area contributed by atoms with E-state index in [1.807, 2.05) is 43.3 Å². The van der Waals surface area contributed by atoms with Gasteiger partial charge in [-0.3, -0.25) is 4.79 Å². The number of carboxylic acids is 1. The number of aryl methyl sites for hydroxylation is 1. The van der Waals surface area contributed by atoms with E-state index < -0.39 is 17.6 Å². The number of hydrogen-bond donors (Lipinski definition) is 2. The molecule has 0 saturated carbocycles. The molecule has 1 saturated heterocycles. The molecular formula is C21H25NO4. The second kappa shape index (κ2) is 7.89. The Balaban J connectivity index is 1.77. The van der Waals surface area contributed by atoms with Crippen LogP contribution in [-0.4, -0.2) is 30.3 Å². The fraction of sp³-hybridized carbons (Fsp3) is 0.381. The zero-order chi connectivity index (χ0) is 18.6. The van der Waals surface area contributed by atoms with E-state index in [1.165, 1.54) is 5.56 Å². The third-order valence-corrected chi connectivity index (χ3v) is 4.96. The zero-order valence-corrected chi connectivity index (χ0v) is 15.2. The summed E-state index contributed by atoms with van der Waals surface area (Å²) in [6.45, 7) is 5.52. The Labute approximate surface area is 153 Å². The first-order valence-corrected chi connectivity index (χ1v) is 8.95. The van der Waals surface area contributed by atoms with E-state index in [0.717, 1.165) is 16.9 Å². The van der Waals surface area contributed by atoms with Crippen LogP contribution >= 0.6 is 0 Å². The largest absolute Gasteiger partial charge is 0.489 e. The topological polar surface area (TPSA) is 67.8 Å². The lowest BCUT2D eigenvalue weighted by Crippen LogP contribution is -2.48. The Bertz CT molecular complexity index is 759. The maximum atomic E-state index is 11.7. The van der Waals surface area contributed by atoms with E-state index in [1.54, 1.807) is 0 Å². The van der Waals surface area contributed by atoms with Crippen molar-refractivity contribution in [3.63, 3.8) is 0 Å². The Morgan fingerprint density at radius 2 is 1.96 bits per heavy atom. The molecule has 1 heterocycles. The van der Waals surface area contributed by atoms with Gasteiger partial charge in [-0.15, -0.1) is 0 Å². The minimum atomic E-state index is -0.893. The maximum absolute atomic E-state index is 11.7. The summed E-state index contributed by atoms with van der Waals surface area (Å²) in [5.74, 6) is -0.141. The summed E-state index contributed by atoms with van der Waals surface area (Å²) in [7, 11) is 0. The summed E-state index contributed by atoms with van der Waals surface area (Å²) in [6, 6.07) is 15.0. The first-order chi connectivity index (χ1) is 12.6. The summed E-state index contributed by atoms with van der Waals surface area (Å²) in [4.78, 5) is 11.7. The molecule has 1 aliphatic rings. The highest BCUT2D eigenvalue weighted by atomic mass is 16.5. The summed E-state index contributed by atoms with van der Waals surface area (Å²) in [5.41, 5.74) is 2.36. The lowest BCUT2D eigenvalue weighted by molar-refractivity contribution is -0.149. The Morgan fingerprint density at radius 3 is 2.62 bits per heavy atom. The van der Waals surface area contributed by atoms with Gasteiger partial charge in [-0.25, -0.2) is 0 Å². The maximum Gasteiger partial charge on any atom is 0.324 e. The lowest BCUT2D eigenvalue weighted by Gasteiger charge is -2.33. The van der Waals surface area contributed by atoms with E-state index in [9.17, 15) is 9.90 Å². The van der Waals surface area contributed by atoms with Crippen LogP contribution in [0.25, 0.3) is 0 Å². The van der Waals surface area contributed by atoms with Gasteiger partial charge in [-0.2, -0.15) is 0 Å². The Hall–Kier alpha value is -2.37. The summed E-state index contributed by atoms with van der Waals surface area (Å²) < 4.78 is 11.8. The van der Waals surface area contributed by atoms with Gasteiger partial charge in [0.15, 0.2) is 0 Å². The van der Waals surface area contributed by atoms with Crippen LogP contribution in [0.5, 0.6) is 5.75 Å². The van der Waals surface area contributed by atoms with Crippen molar-refractivity contribution in [1.29, 1.82) is 0 Å². The number of carboxylic acid groups (broad SMARTS) is 1. The van der Waals surface area contributed by atoms with Gasteiger partial charge in [0.25, 0.3) is 0 Å². The molecule has 2 N–H and O–H groups in total. The number of carbonyl (C=O) groups is 1. The van der Waals surface area contributed by atoms with Crippen LogP contribution in [-0.2, 0) is 21.7 Å². The third-order valence-electron chi connectivity index (χ3n) is 4.96. The molecule has 1 fully saturated rings. The molecular weight excluding hydrogens is 330 g/mol. The van der Waals surface area contributed by atoms with E-state index in [4.69, 9.17) is 9.47 Å². The van der Waals surface area contributed by atoms with Crippen molar-refractivity contribution in [2.45, 2.75) is 38.5 Å². The van der Waals surface area contributed by atoms with Crippen molar-refractivity contribution in [3.8, 4) is 5.75 Å². The molecule has 138 valence electrons. The van der Waals surface area contributed by atoms with Crippen molar-refractivity contribution in [3.05, 3.63) is 65.2 Å².